The van der Waals surface area contributed by atoms with Crippen LogP contribution < -0.4 is 11.1 Å². The molecule has 19 heavy (non-hydrogen) atoms. The molecular formula is C14H20IN3S. The van der Waals surface area contributed by atoms with Crippen molar-refractivity contribution < 1.29 is 0 Å². The standard InChI is InChI=1S/C14H19N3S.HI/c1-4-6-18-7-5-16-14(15)17-13-9-11(2)8-12(3)10-13;/h1,8-10H,5-7H2,2-3H3,(H3,15,16,17);1H. The maximum atomic E-state index is 5.81. The Morgan fingerprint density at radius 3 is 2.58 bits per heavy atom. The zero-order valence-electron chi connectivity index (χ0n) is 11.3. The van der Waals surface area contributed by atoms with Gasteiger partial charge >= 0.3 is 0 Å². The minimum Gasteiger partial charge on any atom is -0.370 e. The summed E-state index contributed by atoms with van der Waals surface area (Å²) in [7, 11) is 0. The summed E-state index contributed by atoms with van der Waals surface area (Å²) in [6.45, 7) is 4.79. The molecular weight excluding hydrogens is 369 g/mol. The Morgan fingerprint density at radius 1 is 1.37 bits per heavy atom. The van der Waals surface area contributed by atoms with Gasteiger partial charge in [-0.2, -0.15) is 0 Å². The number of benzene rings is 1. The molecule has 3 nitrogen and oxygen atoms in total. The first-order valence-electron chi connectivity index (χ1n) is 5.78. The van der Waals surface area contributed by atoms with Gasteiger partial charge in [0, 0.05) is 11.4 Å². The summed E-state index contributed by atoms with van der Waals surface area (Å²) in [5, 5.41) is 3.09. The smallest absolute Gasteiger partial charge is 0.193 e. The average Bonchev–Trinajstić information content (AvgIpc) is 2.27. The zero-order valence-corrected chi connectivity index (χ0v) is 14.4. The number of rotatable bonds is 5. The minimum absolute atomic E-state index is 0. The van der Waals surface area contributed by atoms with Crippen LogP contribution in [0.2, 0.25) is 0 Å². The van der Waals surface area contributed by atoms with Crippen molar-refractivity contribution in [3.05, 3.63) is 29.3 Å². The van der Waals surface area contributed by atoms with Crippen molar-refractivity contribution in [3.63, 3.8) is 0 Å². The third-order valence-corrected chi connectivity index (χ3v) is 3.04. The molecule has 0 saturated carbocycles. The maximum Gasteiger partial charge on any atom is 0.193 e. The number of aryl methyl sites for hydroxylation is 2. The second-order valence-corrected chi connectivity index (χ2v) is 5.13. The second kappa shape index (κ2) is 9.98. The van der Waals surface area contributed by atoms with Crippen LogP contribution in [-0.2, 0) is 0 Å². The molecule has 0 amide bonds. The molecule has 0 saturated heterocycles. The van der Waals surface area contributed by atoms with Gasteiger partial charge in [-0.15, -0.1) is 42.2 Å². The molecule has 1 rings (SSSR count). The Hall–Kier alpha value is -0.870. The predicted octanol–water partition coefficient (Wildman–Crippen LogP) is 3.01. The summed E-state index contributed by atoms with van der Waals surface area (Å²) in [6.07, 6.45) is 5.16. The number of hydrogen-bond acceptors (Lipinski definition) is 2. The third kappa shape index (κ3) is 8.01. The number of nitrogens with two attached hydrogens (primary N) is 1. The van der Waals surface area contributed by atoms with E-state index >= 15 is 0 Å². The molecule has 0 aromatic heterocycles. The van der Waals surface area contributed by atoms with Crippen LogP contribution in [0.1, 0.15) is 11.1 Å². The van der Waals surface area contributed by atoms with Gasteiger partial charge in [-0.3, -0.25) is 4.99 Å². The van der Waals surface area contributed by atoms with Gasteiger partial charge < -0.3 is 11.1 Å². The van der Waals surface area contributed by atoms with Crippen molar-refractivity contribution in [1.29, 1.82) is 0 Å². The highest BCUT2D eigenvalue weighted by molar-refractivity contribution is 14.0. The lowest BCUT2D eigenvalue weighted by molar-refractivity contribution is 1.13. The molecule has 0 bridgehead atoms. The van der Waals surface area contributed by atoms with E-state index in [0.717, 1.165) is 17.2 Å². The lowest BCUT2D eigenvalue weighted by Crippen LogP contribution is -2.23. The van der Waals surface area contributed by atoms with Gasteiger partial charge in [0.2, 0.25) is 0 Å². The predicted molar refractivity (Wildman–Crippen MR) is 97.6 cm³/mol. The summed E-state index contributed by atoms with van der Waals surface area (Å²) >= 11 is 1.68. The van der Waals surface area contributed by atoms with Crippen LogP contribution in [0.5, 0.6) is 0 Å². The number of halogens is 1. The lowest BCUT2D eigenvalue weighted by Gasteiger charge is -2.07. The van der Waals surface area contributed by atoms with Crippen LogP contribution in [0.3, 0.4) is 0 Å². The summed E-state index contributed by atoms with van der Waals surface area (Å²) in [5.74, 6) is 4.63. The maximum absolute atomic E-state index is 5.81. The molecule has 0 unspecified atom stereocenters. The van der Waals surface area contributed by atoms with E-state index in [1.54, 1.807) is 11.8 Å². The Labute approximate surface area is 136 Å². The lowest BCUT2D eigenvalue weighted by atomic mass is 10.1. The van der Waals surface area contributed by atoms with E-state index in [0.29, 0.717) is 12.5 Å². The normalized spacial score (nSPS) is 10.5. The van der Waals surface area contributed by atoms with Crippen molar-refractivity contribution in [2.75, 3.05) is 23.4 Å². The van der Waals surface area contributed by atoms with Gasteiger partial charge in [0.15, 0.2) is 5.96 Å². The van der Waals surface area contributed by atoms with E-state index in [4.69, 9.17) is 12.2 Å². The van der Waals surface area contributed by atoms with E-state index in [2.05, 4.69) is 36.1 Å². The van der Waals surface area contributed by atoms with Crippen molar-refractivity contribution in [3.8, 4) is 12.3 Å². The molecule has 5 heteroatoms. The van der Waals surface area contributed by atoms with E-state index in [9.17, 15) is 0 Å². The average molecular weight is 389 g/mol. The number of anilines is 1. The van der Waals surface area contributed by atoms with Gasteiger partial charge in [0.25, 0.3) is 0 Å². The van der Waals surface area contributed by atoms with Gasteiger partial charge in [-0.1, -0.05) is 12.0 Å². The molecule has 1 aromatic rings. The molecule has 1 aromatic carbocycles. The Balaban J connectivity index is 0.00000324. The highest BCUT2D eigenvalue weighted by Gasteiger charge is 1.97. The molecule has 0 atom stereocenters. The summed E-state index contributed by atoms with van der Waals surface area (Å²) in [6, 6.07) is 6.21. The van der Waals surface area contributed by atoms with Crippen molar-refractivity contribution >= 4 is 47.4 Å². The van der Waals surface area contributed by atoms with Gasteiger partial charge in [-0.25, -0.2) is 0 Å². The highest BCUT2D eigenvalue weighted by Crippen LogP contribution is 2.13. The number of thioether (sulfide) groups is 1. The Morgan fingerprint density at radius 2 is 2.00 bits per heavy atom. The van der Waals surface area contributed by atoms with E-state index in [-0.39, 0.29) is 24.0 Å². The van der Waals surface area contributed by atoms with Gasteiger partial charge in [0.05, 0.1) is 12.3 Å². The zero-order chi connectivity index (χ0) is 13.4. The molecule has 0 aliphatic heterocycles. The topological polar surface area (TPSA) is 50.4 Å². The van der Waals surface area contributed by atoms with Crippen LogP contribution in [-0.4, -0.2) is 24.0 Å². The first kappa shape index (κ1) is 18.1. The summed E-state index contributed by atoms with van der Waals surface area (Å²) in [5.41, 5.74) is 9.19. The molecule has 0 heterocycles. The third-order valence-electron chi connectivity index (χ3n) is 2.20. The second-order valence-electron chi connectivity index (χ2n) is 4.03. The van der Waals surface area contributed by atoms with Crippen LogP contribution in [0, 0.1) is 26.2 Å². The Kier molecular flexibility index (Phi) is 9.53. The summed E-state index contributed by atoms with van der Waals surface area (Å²) < 4.78 is 0. The fourth-order valence-electron chi connectivity index (χ4n) is 1.60. The Bertz CT molecular complexity index is 446. The minimum atomic E-state index is 0. The van der Waals surface area contributed by atoms with Crippen LogP contribution in [0.4, 0.5) is 5.69 Å². The van der Waals surface area contributed by atoms with Crippen molar-refractivity contribution in [2.45, 2.75) is 13.8 Å². The SMILES string of the molecule is C#CCSCCN=C(N)Nc1cc(C)cc(C)c1.I. The quantitative estimate of drug-likeness (QED) is 0.268. The molecule has 0 spiro atoms. The van der Waals surface area contributed by atoms with Crippen molar-refractivity contribution in [2.24, 2.45) is 10.7 Å². The van der Waals surface area contributed by atoms with E-state index < -0.39 is 0 Å². The number of nitrogens with zero attached hydrogens (tertiary/aromatic N) is 1. The molecule has 104 valence electrons. The van der Waals surface area contributed by atoms with Gasteiger partial charge in [-0.05, 0) is 37.1 Å². The number of terminal acetylenes is 1. The molecule has 0 aliphatic carbocycles. The summed E-state index contributed by atoms with van der Waals surface area (Å²) in [4.78, 5) is 4.24. The molecule has 0 radical (unpaired) electrons. The molecule has 0 fully saturated rings. The monoisotopic (exact) mass is 389 g/mol. The molecule has 0 aliphatic rings. The van der Waals surface area contributed by atoms with E-state index in [1.165, 1.54) is 11.1 Å². The van der Waals surface area contributed by atoms with Crippen LogP contribution in [0.15, 0.2) is 23.2 Å². The number of guanidine groups is 1. The van der Waals surface area contributed by atoms with E-state index in [1.807, 2.05) is 12.1 Å². The molecule has 3 N–H and O–H groups in total. The fraction of sp³-hybridized carbons (Fsp3) is 0.357. The highest BCUT2D eigenvalue weighted by atomic mass is 127. The fourth-order valence-corrected chi connectivity index (χ4v) is 2.08. The first-order valence-corrected chi connectivity index (χ1v) is 6.93. The van der Waals surface area contributed by atoms with Gasteiger partial charge in [0.1, 0.15) is 0 Å². The number of nitrogens with one attached hydrogen (secondary N) is 1. The van der Waals surface area contributed by atoms with Crippen molar-refractivity contribution in [1.82, 2.24) is 0 Å². The van der Waals surface area contributed by atoms with Crippen LogP contribution >= 0.6 is 35.7 Å². The largest absolute Gasteiger partial charge is 0.370 e. The first-order chi connectivity index (χ1) is 8.61. The number of hydrogen-bond donors (Lipinski definition) is 2. The van der Waals surface area contributed by atoms with Crippen LogP contribution in [0.25, 0.3) is 0 Å². The number of aliphatic imine (C=N–C) groups is 1.